The number of aromatic nitrogens is 1. The Kier molecular flexibility index (Phi) is 4.16. The van der Waals surface area contributed by atoms with E-state index in [0.717, 1.165) is 15.7 Å². The Hall–Kier alpha value is -1.88. The second-order valence-corrected chi connectivity index (χ2v) is 5.01. The number of aryl methyl sites for hydroxylation is 1. The molecule has 0 saturated carbocycles. The predicted molar refractivity (Wildman–Crippen MR) is 77.4 cm³/mol. The van der Waals surface area contributed by atoms with Crippen LogP contribution in [-0.4, -0.2) is 16.1 Å². The molecular weight excluding hydrogens is 308 g/mol. The van der Waals surface area contributed by atoms with Gasteiger partial charge in [0.25, 0.3) is 0 Å². The fourth-order valence-electron chi connectivity index (χ4n) is 1.66. The van der Waals surface area contributed by atoms with E-state index in [-0.39, 0.29) is 5.69 Å². The van der Waals surface area contributed by atoms with Crippen molar-refractivity contribution in [1.29, 1.82) is 0 Å². The van der Waals surface area contributed by atoms with Crippen molar-refractivity contribution >= 4 is 27.6 Å². The summed E-state index contributed by atoms with van der Waals surface area (Å²) in [5, 5.41) is 12.1. The van der Waals surface area contributed by atoms with E-state index in [1.165, 1.54) is 6.07 Å². The number of rotatable bonds is 4. The van der Waals surface area contributed by atoms with Crippen molar-refractivity contribution < 1.29 is 9.90 Å². The highest BCUT2D eigenvalue weighted by Gasteiger charge is 2.05. The fraction of sp³-hybridized carbons (Fsp3) is 0.143. The van der Waals surface area contributed by atoms with E-state index in [0.29, 0.717) is 12.2 Å². The molecule has 0 aliphatic rings. The average molecular weight is 321 g/mol. The molecule has 5 heteroatoms. The summed E-state index contributed by atoms with van der Waals surface area (Å²) >= 11 is 3.46. The SMILES string of the molecule is Cc1ccc(Br)c(NCc2cccc(C(=O)O)n2)c1. The highest BCUT2D eigenvalue weighted by molar-refractivity contribution is 9.10. The molecule has 2 N–H and O–H groups in total. The number of aromatic carboxylic acids is 1. The number of pyridine rings is 1. The lowest BCUT2D eigenvalue weighted by Crippen LogP contribution is -2.06. The second kappa shape index (κ2) is 5.84. The molecule has 0 atom stereocenters. The number of nitrogens with zero attached hydrogens (tertiary/aromatic N) is 1. The van der Waals surface area contributed by atoms with E-state index in [9.17, 15) is 4.79 Å². The number of carboxylic acids is 1. The largest absolute Gasteiger partial charge is 0.477 e. The lowest BCUT2D eigenvalue weighted by Gasteiger charge is -2.09. The number of anilines is 1. The summed E-state index contributed by atoms with van der Waals surface area (Å²) in [4.78, 5) is 14.9. The van der Waals surface area contributed by atoms with Gasteiger partial charge in [-0.25, -0.2) is 9.78 Å². The summed E-state index contributed by atoms with van der Waals surface area (Å²) in [5.41, 5.74) is 2.86. The summed E-state index contributed by atoms with van der Waals surface area (Å²) in [5.74, 6) is -1.02. The fourth-order valence-corrected chi connectivity index (χ4v) is 2.04. The molecule has 0 amide bonds. The minimum atomic E-state index is -1.02. The monoisotopic (exact) mass is 320 g/mol. The van der Waals surface area contributed by atoms with Crippen LogP contribution >= 0.6 is 15.9 Å². The molecule has 4 nitrogen and oxygen atoms in total. The zero-order valence-electron chi connectivity index (χ0n) is 10.4. The first kappa shape index (κ1) is 13.5. The Morgan fingerprint density at radius 3 is 2.89 bits per heavy atom. The molecule has 1 aromatic carbocycles. The smallest absolute Gasteiger partial charge is 0.354 e. The molecule has 19 heavy (non-hydrogen) atoms. The van der Waals surface area contributed by atoms with Gasteiger partial charge in [0.1, 0.15) is 5.69 Å². The molecular formula is C14H13BrN2O2. The average Bonchev–Trinajstić information content (AvgIpc) is 2.40. The molecule has 1 aromatic heterocycles. The maximum atomic E-state index is 10.8. The van der Waals surface area contributed by atoms with Crippen LogP contribution in [0.1, 0.15) is 21.7 Å². The summed E-state index contributed by atoms with van der Waals surface area (Å²) < 4.78 is 0.965. The standard InChI is InChI=1S/C14H13BrN2O2/c1-9-5-6-11(15)13(7-9)16-8-10-3-2-4-12(17-10)14(18)19/h2-7,16H,8H2,1H3,(H,18,19). The molecule has 0 radical (unpaired) electrons. The third kappa shape index (κ3) is 3.54. The molecule has 0 aliphatic carbocycles. The van der Waals surface area contributed by atoms with E-state index >= 15 is 0 Å². The van der Waals surface area contributed by atoms with Crippen molar-refractivity contribution in [2.24, 2.45) is 0 Å². The number of nitrogens with one attached hydrogen (secondary N) is 1. The Labute approximate surface area is 119 Å². The lowest BCUT2D eigenvalue weighted by molar-refractivity contribution is 0.0690. The third-order valence-corrected chi connectivity index (χ3v) is 3.30. The first-order chi connectivity index (χ1) is 9.06. The molecule has 0 fully saturated rings. The number of hydrogen-bond donors (Lipinski definition) is 2. The molecule has 1 heterocycles. The Morgan fingerprint density at radius 2 is 2.16 bits per heavy atom. The van der Waals surface area contributed by atoms with Crippen LogP contribution in [0.5, 0.6) is 0 Å². The van der Waals surface area contributed by atoms with Gasteiger partial charge in [-0.1, -0.05) is 12.1 Å². The van der Waals surface area contributed by atoms with Crippen LogP contribution in [0.4, 0.5) is 5.69 Å². The van der Waals surface area contributed by atoms with E-state index in [2.05, 4.69) is 26.2 Å². The Bertz CT molecular complexity index is 614. The normalized spacial score (nSPS) is 10.2. The molecule has 0 saturated heterocycles. The minimum Gasteiger partial charge on any atom is -0.477 e. The highest BCUT2D eigenvalue weighted by atomic mass is 79.9. The Morgan fingerprint density at radius 1 is 1.37 bits per heavy atom. The van der Waals surface area contributed by atoms with E-state index in [4.69, 9.17) is 5.11 Å². The van der Waals surface area contributed by atoms with Crippen molar-refractivity contribution in [1.82, 2.24) is 4.98 Å². The van der Waals surface area contributed by atoms with E-state index < -0.39 is 5.97 Å². The summed E-state index contributed by atoms with van der Waals surface area (Å²) in [6.45, 7) is 2.49. The number of carbonyl (C=O) groups is 1. The number of carboxylic acid groups (broad SMARTS) is 1. The van der Waals surface area contributed by atoms with Gasteiger partial charge in [-0.3, -0.25) is 0 Å². The third-order valence-electron chi connectivity index (χ3n) is 2.61. The molecule has 0 unspecified atom stereocenters. The van der Waals surface area contributed by atoms with Gasteiger partial charge in [-0.2, -0.15) is 0 Å². The van der Waals surface area contributed by atoms with Crippen LogP contribution < -0.4 is 5.32 Å². The number of benzene rings is 1. The maximum absolute atomic E-state index is 10.8. The minimum absolute atomic E-state index is 0.0580. The van der Waals surface area contributed by atoms with Crippen molar-refractivity contribution in [2.45, 2.75) is 13.5 Å². The first-order valence-corrected chi connectivity index (χ1v) is 6.55. The lowest BCUT2D eigenvalue weighted by atomic mass is 10.2. The van der Waals surface area contributed by atoms with E-state index in [1.54, 1.807) is 12.1 Å². The molecule has 0 aliphatic heterocycles. The highest BCUT2D eigenvalue weighted by Crippen LogP contribution is 2.23. The van der Waals surface area contributed by atoms with Gasteiger partial charge in [0.2, 0.25) is 0 Å². The zero-order valence-corrected chi connectivity index (χ0v) is 11.9. The quantitative estimate of drug-likeness (QED) is 0.905. The van der Waals surface area contributed by atoms with Crippen molar-refractivity contribution in [2.75, 3.05) is 5.32 Å². The predicted octanol–water partition coefficient (Wildman–Crippen LogP) is 3.46. The van der Waals surface area contributed by atoms with Gasteiger partial charge < -0.3 is 10.4 Å². The molecule has 2 aromatic rings. The number of hydrogen-bond acceptors (Lipinski definition) is 3. The zero-order chi connectivity index (χ0) is 13.8. The van der Waals surface area contributed by atoms with Crippen LogP contribution in [0.3, 0.4) is 0 Å². The summed E-state index contributed by atoms with van der Waals surface area (Å²) in [7, 11) is 0. The van der Waals surface area contributed by atoms with Crippen molar-refractivity contribution in [3.8, 4) is 0 Å². The Balaban J connectivity index is 2.12. The first-order valence-electron chi connectivity index (χ1n) is 5.75. The molecule has 2 rings (SSSR count). The van der Waals surface area contributed by atoms with Gasteiger partial charge in [-0.05, 0) is 52.7 Å². The van der Waals surface area contributed by atoms with Gasteiger partial charge in [0.15, 0.2) is 0 Å². The van der Waals surface area contributed by atoms with Gasteiger partial charge >= 0.3 is 5.97 Å². The maximum Gasteiger partial charge on any atom is 0.354 e. The van der Waals surface area contributed by atoms with E-state index in [1.807, 2.05) is 25.1 Å². The molecule has 98 valence electrons. The van der Waals surface area contributed by atoms with Gasteiger partial charge in [-0.15, -0.1) is 0 Å². The van der Waals surface area contributed by atoms with Crippen molar-refractivity contribution in [3.63, 3.8) is 0 Å². The van der Waals surface area contributed by atoms with Crippen molar-refractivity contribution in [3.05, 3.63) is 57.8 Å². The topological polar surface area (TPSA) is 62.2 Å². The molecule has 0 bridgehead atoms. The summed E-state index contributed by atoms with van der Waals surface area (Å²) in [6.07, 6.45) is 0. The summed E-state index contributed by atoms with van der Waals surface area (Å²) in [6, 6.07) is 11.0. The van der Waals surface area contributed by atoms with Gasteiger partial charge in [0, 0.05) is 10.2 Å². The van der Waals surface area contributed by atoms with Crippen LogP contribution in [0.15, 0.2) is 40.9 Å². The van der Waals surface area contributed by atoms with Crippen LogP contribution in [0.2, 0.25) is 0 Å². The van der Waals surface area contributed by atoms with Crippen LogP contribution in [-0.2, 0) is 6.54 Å². The van der Waals surface area contributed by atoms with Crippen LogP contribution in [0.25, 0.3) is 0 Å². The number of halogens is 1. The molecule has 0 spiro atoms. The second-order valence-electron chi connectivity index (χ2n) is 4.16. The van der Waals surface area contributed by atoms with Crippen LogP contribution in [0, 0.1) is 6.92 Å². The van der Waals surface area contributed by atoms with Gasteiger partial charge in [0.05, 0.1) is 12.2 Å².